The molecule has 1 aromatic carbocycles. The van der Waals surface area contributed by atoms with Gasteiger partial charge in [-0.2, -0.15) is 0 Å². The van der Waals surface area contributed by atoms with E-state index in [4.69, 9.17) is 9.84 Å². The number of fused-ring (bicyclic) bond motifs is 2. The van der Waals surface area contributed by atoms with E-state index in [1.807, 2.05) is 18.2 Å². The van der Waals surface area contributed by atoms with Crippen LogP contribution in [0.3, 0.4) is 0 Å². The Kier molecular flexibility index (Phi) is 3.81. The van der Waals surface area contributed by atoms with E-state index in [0.717, 1.165) is 47.7 Å². The topological polar surface area (TPSA) is 49.8 Å². The summed E-state index contributed by atoms with van der Waals surface area (Å²) in [6, 6.07) is 6.03. The first-order valence-electron chi connectivity index (χ1n) is 6.73. The molecule has 2 unspecified atom stereocenters. The molecule has 0 saturated carbocycles. The Morgan fingerprint density at radius 1 is 1.35 bits per heavy atom. The van der Waals surface area contributed by atoms with Gasteiger partial charge in [-0.3, -0.25) is 0 Å². The van der Waals surface area contributed by atoms with Gasteiger partial charge in [-0.15, -0.1) is 0 Å². The Morgan fingerprint density at radius 2 is 2.05 bits per heavy atom. The molecule has 106 valence electrons. The maximum Gasteiger partial charge on any atom is 0.328 e. The number of carbonyl (C=O) groups is 1. The Bertz CT molecular complexity index is 546. The molecule has 2 bridgehead atoms. The van der Waals surface area contributed by atoms with Gasteiger partial charge in [0.05, 0.1) is 12.2 Å². The smallest absolute Gasteiger partial charge is 0.328 e. The zero-order chi connectivity index (χ0) is 14.1. The van der Waals surface area contributed by atoms with Gasteiger partial charge in [-0.1, -0.05) is 22.0 Å². The van der Waals surface area contributed by atoms with E-state index in [1.54, 1.807) is 6.08 Å². The molecule has 2 aliphatic rings. The molecule has 2 heterocycles. The molecular weight excluding hydrogens is 322 g/mol. The molecule has 0 aliphatic carbocycles. The third kappa shape index (κ3) is 2.88. The lowest BCUT2D eigenvalue weighted by molar-refractivity contribution is -0.131. The number of carboxylic acid groups (broad SMARTS) is 1. The summed E-state index contributed by atoms with van der Waals surface area (Å²) in [5.41, 5.74) is 2.02. The minimum absolute atomic E-state index is 0.360. The van der Waals surface area contributed by atoms with Gasteiger partial charge in [0.1, 0.15) is 0 Å². The Hall–Kier alpha value is -1.33. The molecule has 0 spiro atoms. The number of ether oxygens (including phenoxy) is 1. The van der Waals surface area contributed by atoms with Gasteiger partial charge in [0, 0.05) is 29.3 Å². The van der Waals surface area contributed by atoms with E-state index in [-0.39, 0.29) is 0 Å². The lowest BCUT2D eigenvalue weighted by atomic mass is 10.1. The standard InChI is InChI=1S/C15H16BrNO3/c16-14-7-11(3-1-10(14)2-6-15(18)19)17-8-12-4-5-13(9-17)20-12/h1-3,6-7,12-13H,4-5,8-9H2,(H,18,19)/b6-2+. The number of anilines is 1. The van der Waals surface area contributed by atoms with E-state index in [2.05, 4.69) is 20.8 Å². The van der Waals surface area contributed by atoms with Crippen LogP contribution in [0.25, 0.3) is 6.08 Å². The molecule has 0 amide bonds. The highest BCUT2D eigenvalue weighted by molar-refractivity contribution is 9.10. The number of carboxylic acids is 1. The fourth-order valence-electron chi connectivity index (χ4n) is 2.83. The van der Waals surface area contributed by atoms with Crippen LogP contribution in [0.2, 0.25) is 0 Å². The second-order valence-electron chi connectivity index (χ2n) is 5.24. The number of aliphatic carboxylic acids is 1. The lowest BCUT2D eigenvalue weighted by Gasteiger charge is -2.34. The average molecular weight is 338 g/mol. The van der Waals surface area contributed by atoms with Crippen molar-refractivity contribution in [2.24, 2.45) is 0 Å². The molecule has 0 aromatic heterocycles. The van der Waals surface area contributed by atoms with Crippen LogP contribution < -0.4 is 4.90 Å². The van der Waals surface area contributed by atoms with Crippen LogP contribution >= 0.6 is 15.9 Å². The van der Waals surface area contributed by atoms with E-state index in [0.29, 0.717) is 12.2 Å². The fraction of sp³-hybridized carbons (Fsp3) is 0.400. The number of nitrogens with zero attached hydrogens (tertiary/aromatic N) is 1. The molecule has 5 heteroatoms. The van der Waals surface area contributed by atoms with Gasteiger partial charge in [-0.05, 0) is 36.6 Å². The molecule has 2 fully saturated rings. The third-order valence-electron chi connectivity index (χ3n) is 3.80. The van der Waals surface area contributed by atoms with Crippen LogP contribution in [0.1, 0.15) is 18.4 Å². The molecule has 0 radical (unpaired) electrons. The number of benzene rings is 1. The maximum atomic E-state index is 10.6. The monoisotopic (exact) mass is 337 g/mol. The van der Waals surface area contributed by atoms with Gasteiger partial charge in [0.2, 0.25) is 0 Å². The second kappa shape index (κ2) is 5.58. The predicted octanol–water partition coefficient (Wildman–Crippen LogP) is 2.91. The van der Waals surface area contributed by atoms with Gasteiger partial charge >= 0.3 is 5.97 Å². The first kappa shape index (κ1) is 13.6. The van der Waals surface area contributed by atoms with Crippen LogP contribution in [0.15, 0.2) is 28.7 Å². The summed E-state index contributed by atoms with van der Waals surface area (Å²) in [6.07, 6.45) is 5.77. The first-order valence-corrected chi connectivity index (χ1v) is 7.52. The Morgan fingerprint density at radius 3 is 2.65 bits per heavy atom. The SMILES string of the molecule is O=C(O)/C=C/c1ccc(N2CC3CCC(C2)O3)cc1Br. The highest BCUT2D eigenvalue weighted by Crippen LogP contribution is 2.32. The number of morpholine rings is 1. The van der Waals surface area contributed by atoms with Crippen molar-refractivity contribution in [2.75, 3.05) is 18.0 Å². The minimum Gasteiger partial charge on any atom is -0.478 e. The molecule has 2 aliphatic heterocycles. The van der Waals surface area contributed by atoms with Crippen molar-refractivity contribution >= 4 is 33.7 Å². The average Bonchev–Trinajstić information content (AvgIpc) is 2.76. The molecule has 2 saturated heterocycles. The number of hydrogen-bond acceptors (Lipinski definition) is 3. The zero-order valence-corrected chi connectivity index (χ0v) is 12.5. The summed E-state index contributed by atoms with van der Waals surface area (Å²) in [6.45, 7) is 1.88. The molecule has 1 aromatic rings. The van der Waals surface area contributed by atoms with Crippen molar-refractivity contribution in [1.29, 1.82) is 0 Å². The number of halogens is 1. The zero-order valence-electron chi connectivity index (χ0n) is 11.0. The molecule has 2 atom stereocenters. The van der Waals surface area contributed by atoms with Gasteiger partial charge in [0.25, 0.3) is 0 Å². The first-order chi connectivity index (χ1) is 9.61. The van der Waals surface area contributed by atoms with Crippen LogP contribution in [0, 0.1) is 0 Å². The van der Waals surface area contributed by atoms with E-state index >= 15 is 0 Å². The van der Waals surface area contributed by atoms with Crippen molar-refractivity contribution < 1.29 is 14.6 Å². The summed E-state index contributed by atoms with van der Waals surface area (Å²) >= 11 is 3.51. The molecule has 4 nitrogen and oxygen atoms in total. The highest BCUT2D eigenvalue weighted by atomic mass is 79.9. The van der Waals surface area contributed by atoms with Crippen molar-refractivity contribution in [3.05, 3.63) is 34.3 Å². The molecular formula is C15H16BrNO3. The normalized spacial score (nSPS) is 25.4. The molecule has 20 heavy (non-hydrogen) atoms. The summed E-state index contributed by atoms with van der Waals surface area (Å²) in [5.74, 6) is -0.939. The highest BCUT2D eigenvalue weighted by Gasteiger charge is 2.33. The van der Waals surface area contributed by atoms with Crippen LogP contribution in [-0.2, 0) is 9.53 Å². The fourth-order valence-corrected chi connectivity index (χ4v) is 3.33. The lowest BCUT2D eigenvalue weighted by Crippen LogP contribution is -2.42. The third-order valence-corrected chi connectivity index (χ3v) is 4.48. The van der Waals surface area contributed by atoms with Crippen LogP contribution in [0.4, 0.5) is 5.69 Å². The van der Waals surface area contributed by atoms with Gasteiger partial charge in [-0.25, -0.2) is 4.79 Å². The second-order valence-corrected chi connectivity index (χ2v) is 6.09. The molecule has 1 N–H and O–H groups in total. The largest absolute Gasteiger partial charge is 0.478 e. The Labute approximate surface area is 126 Å². The van der Waals surface area contributed by atoms with Crippen LogP contribution in [0.5, 0.6) is 0 Å². The Balaban J connectivity index is 1.78. The van der Waals surface area contributed by atoms with E-state index < -0.39 is 5.97 Å². The predicted molar refractivity (Wildman–Crippen MR) is 80.9 cm³/mol. The van der Waals surface area contributed by atoms with E-state index in [1.165, 1.54) is 0 Å². The number of hydrogen-bond donors (Lipinski definition) is 1. The van der Waals surface area contributed by atoms with Crippen molar-refractivity contribution in [1.82, 2.24) is 0 Å². The minimum atomic E-state index is -0.939. The summed E-state index contributed by atoms with van der Waals surface area (Å²) in [5, 5.41) is 8.67. The van der Waals surface area contributed by atoms with Gasteiger partial charge < -0.3 is 14.7 Å². The van der Waals surface area contributed by atoms with Crippen molar-refractivity contribution in [3.63, 3.8) is 0 Å². The summed E-state index contributed by atoms with van der Waals surface area (Å²) in [7, 11) is 0. The molecule has 3 rings (SSSR count). The van der Waals surface area contributed by atoms with Crippen molar-refractivity contribution in [3.8, 4) is 0 Å². The van der Waals surface area contributed by atoms with Crippen molar-refractivity contribution in [2.45, 2.75) is 25.0 Å². The quantitative estimate of drug-likeness (QED) is 0.861. The van der Waals surface area contributed by atoms with Crippen LogP contribution in [-0.4, -0.2) is 36.4 Å². The summed E-state index contributed by atoms with van der Waals surface area (Å²) < 4.78 is 6.75. The maximum absolute atomic E-state index is 10.6. The van der Waals surface area contributed by atoms with E-state index in [9.17, 15) is 4.79 Å². The summed E-state index contributed by atoms with van der Waals surface area (Å²) in [4.78, 5) is 12.9. The number of rotatable bonds is 3. The van der Waals surface area contributed by atoms with Gasteiger partial charge in [0.15, 0.2) is 0 Å².